The molecule has 1 aliphatic heterocycles. The van der Waals surface area contributed by atoms with Crippen molar-refractivity contribution in [3.05, 3.63) is 24.3 Å². The maximum absolute atomic E-state index is 12.1. The average Bonchev–Trinajstić information content (AvgIpc) is 2.84. The summed E-state index contributed by atoms with van der Waals surface area (Å²) in [5.74, 6) is 0.0263. The number of amides is 1. The first-order valence-electron chi connectivity index (χ1n) is 6.81. The molecule has 21 heavy (non-hydrogen) atoms. The summed E-state index contributed by atoms with van der Waals surface area (Å²) < 4.78 is 24.8. The molecule has 1 aliphatic rings. The average molecular weight is 312 g/mol. The highest BCUT2D eigenvalue weighted by atomic mass is 32.2. The zero-order valence-electron chi connectivity index (χ0n) is 12.4. The molecule has 2 atom stereocenters. The fraction of sp³-hybridized carbons (Fsp3) is 0.615. The van der Waals surface area contributed by atoms with Crippen LogP contribution in [0.2, 0.25) is 0 Å². The summed E-state index contributed by atoms with van der Waals surface area (Å²) in [5, 5.41) is 2.88. The maximum atomic E-state index is 12.1. The molecule has 0 aromatic carbocycles. The number of nitrogens with one attached hydrogen (secondary N) is 1. The lowest BCUT2D eigenvalue weighted by Gasteiger charge is -2.22. The molecular formula is C13H20N4O3S. The van der Waals surface area contributed by atoms with Crippen molar-refractivity contribution in [2.24, 2.45) is 11.8 Å². The van der Waals surface area contributed by atoms with Crippen LogP contribution in [-0.4, -0.2) is 54.0 Å². The molecule has 0 bridgehead atoms. The van der Waals surface area contributed by atoms with Gasteiger partial charge in [-0.3, -0.25) is 9.78 Å². The minimum absolute atomic E-state index is 0.0837. The molecule has 7 nitrogen and oxygen atoms in total. The molecule has 2 heterocycles. The number of nitrogens with zero attached hydrogens (tertiary/aromatic N) is 3. The second-order valence-electron chi connectivity index (χ2n) is 5.66. The van der Waals surface area contributed by atoms with Gasteiger partial charge in [-0.2, -0.15) is 4.31 Å². The largest absolute Gasteiger partial charge is 0.346 e. The molecule has 0 aliphatic carbocycles. The third kappa shape index (κ3) is 3.76. The predicted octanol–water partition coefficient (Wildman–Crippen LogP) is 0.122. The number of aromatic nitrogens is 2. The van der Waals surface area contributed by atoms with Gasteiger partial charge in [-0.25, -0.2) is 13.4 Å². The van der Waals surface area contributed by atoms with Crippen LogP contribution >= 0.6 is 0 Å². The molecule has 1 N–H and O–H groups in total. The topological polar surface area (TPSA) is 92.3 Å². The number of hydrogen-bond donors (Lipinski definition) is 1. The van der Waals surface area contributed by atoms with Crippen LogP contribution in [0.4, 0.5) is 0 Å². The summed E-state index contributed by atoms with van der Waals surface area (Å²) >= 11 is 0. The van der Waals surface area contributed by atoms with Gasteiger partial charge in [-0.15, -0.1) is 0 Å². The van der Waals surface area contributed by atoms with Gasteiger partial charge in [0, 0.05) is 31.5 Å². The van der Waals surface area contributed by atoms with Crippen molar-refractivity contribution < 1.29 is 13.2 Å². The summed E-state index contributed by atoms with van der Waals surface area (Å²) in [6.07, 6.45) is 5.53. The van der Waals surface area contributed by atoms with E-state index in [-0.39, 0.29) is 29.5 Å². The van der Waals surface area contributed by atoms with Crippen LogP contribution in [0.3, 0.4) is 0 Å². The SMILES string of the molecule is CC(C)[C@H]1CN(S(C)(=O)=O)C[C@@H]1NC(=O)c1cnccn1. The minimum Gasteiger partial charge on any atom is -0.346 e. The lowest BCUT2D eigenvalue weighted by Crippen LogP contribution is -2.42. The molecule has 0 radical (unpaired) electrons. The molecule has 1 saturated heterocycles. The van der Waals surface area contributed by atoms with E-state index in [0.717, 1.165) is 0 Å². The number of carbonyl (C=O) groups is 1. The number of carbonyl (C=O) groups excluding carboxylic acids is 1. The first-order valence-corrected chi connectivity index (χ1v) is 8.66. The Balaban J connectivity index is 2.12. The van der Waals surface area contributed by atoms with Crippen LogP contribution in [0.5, 0.6) is 0 Å². The quantitative estimate of drug-likeness (QED) is 0.852. The lowest BCUT2D eigenvalue weighted by atomic mass is 9.91. The van der Waals surface area contributed by atoms with Gasteiger partial charge in [-0.1, -0.05) is 13.8 Å². The van der Waals surface area contributed by atoms with E-state index < -0.39 is 10.0 Å². The Kier molecular flexibility index (Phi) is 4.58. The second-order valence-corrected chi connectivity index (χ2v) is 7.64. The number of hydrogen-bond acceptors (Lipinski definition) is 5. The summed E-state index contributed by atoms with van der Waals surface area (Å²) in [5.41, 5.74) is 0.234. The predicted molar refractivity (Wildman–Crippen MR) is 78.0 cm³/mol. The molecule has 1 fully saturated rings. The summed E-state index contributed by atoms with van der Waals surface area (Å²) in [4.78, 5) is 20.0. The summed E-state index contributed by atoms with van der Waals surface area (Å²) in [7, 11) is -3.25. The van der Waals surface area contributed by atoms with E-state index in [1.165, 1.54) is 29.2 Å². The fourth-order valence-electron chi connectivity index (χ4n) is 2.55. The number of rotatable bonds is 4. The molecule has 0 spiro atoms. The Labute approximate surface area is 124 Å². The van der Waals surface area contributed by atoms with Gasteiger partial charge in [0.2, 0.25) is 10.0 Å². The highest BCUT2D eigenvalue weighted by Gasteiger charge is 2.39. The monoisotopic (exact) mass is 312 g/mol. The minimum atomic E-state index is -3.25. The smallest absolute Gasteiger partial charge is 0.271 e. The van der Waals surface area contributed by atoms with Gasteiger partial charge in [0.05, 0.1) is 12.5 Å². The highest BCUT2D eigenvalue weighted by molar-refractivity contribution is 7.88. The van der Waals surface area contributed by atoms with Crippen LogP contribution in [-0.2, 0) is 10.0 Å². The van der Waals surface area contributed by atoms with Gasteiger partial charge in [0.25, 0.3) is 5.91 Å². The van der Waals surface area contributed by atoms with E-state index in [2.05, 4.69) is 15.3 Å². The maximum Gasteiger partial charge on any atom is 0.271 e. The van der Waals surface area contributed by atoms with Crippen molar-refractivity contribution in [2.45, 2.75) is 19.9 Å². The molecule has 0 unspecified atom stereocenters. The Morgan fingerprint density at radius 2 is 2.10 bits per heavy atom. The normalized spacial score (nSPS) is 23.4. The van der Waals surface area contributed by atoms with E-state index >= 15 is 0 Å². The van der Waals surface area contributed by atoms with Crippen molar-refractivity contribution in [3.8, 4) is 0 Å². The van der Waals surface area contributed by atoms with E-state index in [9.17, 15) is 13.2 Å². The molecule has 1 aromatic rings. The first-order chi connectivity index (χ1) is 9.79. The second kappa shape index (κ2) is 6.07. The molecule has 1 aromatic heterocycles. The van der Waals surface area contributed by atoms with Crippen molar-refractivity contribution in [1.82, 2.24) is 19.6 Å². The zero-order valence-corrected chi connectivity index (χ0v) is 13.2. The van der Waals surface area contributed by atoms with Crippen LogP contribution in [0, 0.1) is 11.8 Å². The van der Waals surface area contributed by atoms with E-state index in [4.69, 9.17) is 0 Å². The number of sulfonamides is 1. The van der Waals surface area contributed by atoms with Gasteiger partial charge in [0.15, 0.2) is 0 Å². The van der Waals surface area contributed by atoms with E-state index in [1.807, 2.05) is 13.8 Å². The molecule has 2 rings (SSSR count). The van der Waals surface area contributed by atoms with Gasteiger partial charge in [-0.05, 0) is 11.8 Å². The van der Waals surface area contributed by atoms with Crippen LogP contribution in [0.15, 0.2) is 18.6 Å². The third-order valence-electron chi connectivity index (χ3n) is 3.77. The van der Waals surface area contributed by atoms with Gasteiger partial charge >= 0.3 is 0 Å². The molecule has 1 amide bonds. The third-order valence-corrected chi connectivity index (χ3v) is 5.01. The standard InChI is InChI=1S/C13H20N4O3S/c1-9(2)10-7-17(21(3,19)20)8-12(10)16-13(18)11-6-14-4-5-15-11/h4-6,9-10,12H,7-8H2,1-3H3,(H,16,18)/t10-,12+/m1/s1. The first kappa shape index (κ1) is 15.8. The fourth-order valence-corrected chi connectivity index (χ4v) is 3.42. The van der Waals surface area contributed by atoms with E-state index in [0.29, 0.717) is 13.1 Å². The van der Waals surface area contributed by atoms with Crippen molar-refractivity contribution in [2.75, 3.05) is 19.3 Å². The Morgan fingerprint density at radius 3 is 2.62 bits per heavy atom. The molecule has 116 valence electrons. The van der Waals surface area contributed by atoms with Gasteiger partial charge in [0.1, 0.15) is 5.69 Å². The van der Waals surface area contributed by atoms with Crippen LogP contribution < -0.4 is 5.32 Å². The Bertz CT molecular complexity index is 603. The zero-order chi connectivity index (χ0) is 15.6. The molecular weight excluding hydrogens is 292 g/mol. The van der Waals surface area contributed by atoms with Gasteiger partial charge < -0.3 is 5.32 Å². The molecule has 8 heteroatoms. The summed E-state index contributed by atoms with van der Waals surface area (Å²) in [6, 6.07) is -0.214. The Morgan fingerprint density at radius 1 is 1.38 bits per heavy atom. The Hall–Kier alpha value is -1.54. The van der Waals surface area contributed by atoms with Crippen molar-refractivity contribution in [3.63, 3.8) is 0 Å². The van der Waals surface area contributed by atoms with Crippen molar-refractivity contribution in [1.29, 1.82) is 0 Å². The summed E-state index contributed by atoms with van der Waals surface area (Å²) in [6.45, 7) is 4.78. The van der Waals surface area contributed by atoms with Crippen LogP contribution in [0.1, 0.15) is 24.3 Å². The van der Waals surface area contributed by atoms with Crippen molar-refractivity contribution >= 4 is 15.9 Å². The van der Waals surface area contributed by atoms with E-state index in [1.54, 1.807) is 0 Å². The highest BCUT2D eigenvalue weighted by Crippen LogP contribution is 2.26. The molecule has 0 saturated carbocycles. The van der Waals surface area contributed by atoms with Crippen LogP contribution in [0.25, 0.3) is 0 Å². The lowest BCUT2D eigenvalue weighted by molar-refractivity contribution is 0.0920.